The van der Waals surface area contributed by atoms with Crippen LogP contribution in [0, 0.1) is 0 Å². The molecule has 0 spiro atoms. The van der Waals surface area contributed by atoms with E-state index < -0.39 is 5.41 Å². The molecule has 3 heteroatoms. The SMILES string of the molecule is C=C/C=C(\C=C)N(c1ccccc1)c1ccc2c(c1)N(c1ccccc1)c1ccc(-c3ccc4c(c3)C(C)(C)c3ccccc3C4=O)cc1C2(c1ccccc1)c1ccccc1. The number of ketones is 1. The molecule has 10 rings (SSSR count). The zero-order valence-electron chi connectivity index (χ0n) is 35.0. The van der Waals surface area contributed by atoms with E-state index in [2.05, 4.69) is 207 Å². The third kappa shape index (κ3) is 6.00. The van der Waals surface area contributed by atoms with Gasteiger partial charge in [-0.15, -0.1) is 0 Å². The van der Waals surface area contributed by atoms with E-state index in [0.29, 0.717) is 0 Å². The normalized spacial score (nSPS) is 14.5. The van der Waals surface area contributed by atoms with Crippen molar-refractivity contribution in [3.8, 4) is 11.1 Å². The van der Waals surface area contributed by atoms with Crippen molar-refractivity contribution in [2.45, 2.75) is 24.7 Å². The Morgan fingerprint density at radius 3 is 1.73 bits per heavy atom. The van der Waals surface area contributed by atoms with Crippen molar-refractivity contribution in [2.75, 3.05) is 9.80 Å². The highest BCUT2D eigenvalue weighted by Crippen LogP contribution is 2.59. The number of carbonyl (C=O) groups is 1. The summed E-state index contributed by atoms with van der Waals surface area (Å²) in [5.41, 5.74) is 15.5. The first-order valence-electron chi connectivity index (χ1n) is 21.2. The van der Waals surface area contributed by atoms with Crippen molar-refractivity contribution in [3.05, 3.63) is 282 Å². The van der Waals surface area contributed by atoms with Gasteiger partial charge in [0.2, 0.25) is 0 Å². The van der Waals surface area contributed by atoms with Gasteiger partial charge >= 0.3 is 0 Å². The Hall–Kier alpha value is -7.75. The molecule has 0 amide bonds. The van der Waals surface area contributed by atoms with E-state index in [-0.39, 0.29) is 11.2 Å². The van der Waals surface area contributed by atoms with Crippen molar-refractivity contribution in [1.29, 1.82) is 0 Å². The second kappa shape index (κ2) is 15.4. The molecule has 0 atom stereocenters. The van der Waals surface area contributed by atoms with Gasteiger partial charge in [-0.05, 0) is 111 Å². The largest absolute Gasteiger partial charge is 0.310 e. The van der Waals surface area contributed by atoms with E-state index >= 15 is 0 Å². The van der Waals surface area contributed by atoms with Gasteiger partial charge in [0.15, 0.2) is 5.78 Å². The van der Waals surface area contributed by atoms with Gasteiger partial charge in [0.1, 0.15) is 0 Å². The molecule has 0 N–H and O–H groups in total. The number of para-hydroxylation sites is 2. The highest BCUT2D eigenvalue weighted by Gasteiger charge is 2.47. The zero-order valence-corrected chi connectivity index (χ0v) is 35.0. The lowest BCUT2D eigenvalue weighted by atomic mass is 9.62. The number of fused-ring (bicyclic) bond motifs is 4. The lowest BCUT2D eigenvalue weighted by molar-refractivity contribution is 0.103. The lowest BCUT2D eigenvalue weighted by Crippen LogP contribution is -2.38. The van der Waals surface area contributed by atoms with Crippen LogP contribution in [0.2, 0.25) is 0 Å². The Balaban J connectivity index is 1.27. The topological polar surface area (TPSA) is 23.6 Å². The van der Waals surface area contributed by atoms with E-state index in [4.69, 9.17) is 0 Å². The predicted molar refractivity (Wildman–Crippen MR) is 257 cm³/mol. The molecule has 1 heterocycles. The Labute approximate surface area is 364 Å². The van der Waals surface area contributed by atoms with E-state index in [1.165, 1.54) is 11.1 Å². The number of allylic oxidation sites excluding steroid dienone is 3. The number of nitrogens with zero attached hydrogens (tertiary/aromatic N) is 2. The van der Waals surface area contributed by atoms with E-state index in [1.54, 1.807) is 0 Å². The van der Waals surface area contributed by atoms with Crippen molar-refractivity contribution in [1.82, 2.24) is 0 Å². The first-order chi connectivity index (χ1) is 30.4. The van der Waals surface area contributed by atoms with Gasteiger partial charge in [0, 0.05) is 39.3 Å². The summed E-state index contributed by atoms with van der Waals surface area (Å²) in [7, 11) is 0. The molecule has 3 nitrogen and oxygen atoms in total. The van der Waals surface area contributed by atoms with Gasteiger partial charge in [0.25, 0.3) is 0 Å². The van der Waals surface area contributed by atoms with Crippen LogP contribution in [0.3, 0.4) is 0 Å². The van der Waals surface area contributed by atoms with Crippen LogP contribution in [0.5, 0.6) is 0 Å². The summed E-state index contributed by atoms with van der Waals surface area (Å²) in [6, 6.07) is 71.2. The molecule has 298 valence electrons. The minimum atomic E-state index is -0.731. The molecule has 0 saturated heterocycles. The van der Waals surface area contributed by atoms with Crippen LogP contribution in [0.15, 0.2) is 237 Å². The van der Waals surface area contributed by atoms with Crippen LogP contribution < -0.4 is 9.80 Å². The molecular weight excluding hydrogens is 753 g/mol. The first kappa shape index (κ1) is 38.5. The average molecular weight is 799 g/mol. The Kier molecular flexibility index (Phi) is 9.53. The van der Waals surface area contributed by atoms with Gasteiger partial charge in [0.05, 0.1) is 16.8 Å². The molecule has 0 saturated carbocycles. The highest BCUT2D eigenvalue weighted by atomic mass is 16.1. The molecule has 1 aliphatic carbocycles. The summed E-state index contributed by atoms with van der Waals surface area (Å²) in [6.07, 6.45) is 5.69. The molecular formula is C59H46N2O. The molecule has 8 aromatic rings. The molecule has 1 aliphatic heterocycles. The van der Waals surface area contributed by atoms with Crippen LogP contribution in [0.25, 0.3) is 11.1 Å². The monoisotopic (exact) mass is 798 g/mol. The van der Waals surface area contributed by atoms with Crippen molar-refractivity contribution < 1.29 is 4.79 Å². The Morgan fingerprint density at radius 1 is 0.516 bits per heavy atom. The van der Waals surface area contributed by atoms with Crippen LogP contribution >= 0.6 is 0 Å². The Bertz CT molecular complexity index is 3000. The minimum Gasteiger partial charge on any atom is -0.310 e. The summed E-state index contributed by atoms with van der Waals surface area (Å²) in [5, 5.41) is 0. The second-order valence-electron chi connectivity index (χ2n) is 16.5. The van der Waals surface area contributed by atoms with Gasteiger partial charge in [-0.2, -0.15) is 0 Å². The summed E-state index contributed by atoms with van der Waals surface area (Å²) in [6.45, 7) is 12.7. The summed E-state index contributed by atoms with van der Waals surface area (Å²) in [5.74, 6) is 0.0830. The summed E-state index contributed by atoms with van der Waals surface area (Å²) < 4.78 is 0. The van der Waals surface area contributed by atoms with Crippen LogP contribution in [0.4, 0.5) is 28.4 Å². The van der Waals surface area contributed by atoms with E-state index in [1.807, 2.05) is 48.6 Å². The highest BCUT2D eigenvalue weighted by molar-refractivity contribution is 6.13. The number of hydrogen-bond acceptors (Lipinski definition) is 3. The molecule has 62 heavy (non-hydrogen) atoms. The summed E-state index contributed by atoms with van der Waals surface area (Å²) >= 11 is 0. The number of hydrogen-bond donors (Lipinski definition) is 0. The maximum absolute atomic E-state index is 13.9. The van der Waals surface area contributed by atoms with Gasteiger partial charge in [-0.25, -0.2) is 0 Å². The number of rotatable bonds is 9. The van der Waals surface area contributed by atoms with Gasteiger partial charge in [-0.1, -0.05) is 179 Å². The molecule has 0 aromatic heterocycles. The maximum Gasteiger partial charge on any atom is 0.193 e. The molecule has 0 radical (unpaired) electrons. The molecule has 2 aliphatic rings. The second-order valence-corrected chi connectivity index (χ2v) is 16.5. The van der Waals surface area contributed by atoms with E-state index in [0.717, 1.165) is 78.6 Å². The van der Waals surface area contributed by atoms with Gasteiger partial charge in [-0.3, -0.25) is 4.79 Å². The van der Waals surface area contributed by atoms with Crippen molar-refractivity contribution >= 4 is 34.2 Å². The van der Waals surface area contributed by atoms with Gasteiger partial charge < -0.3 is 9.80 Å². The molecule has 0 unspecified atom stereocenters. The third-order valence-electron chi connectivity index (χ3n) is 12.8. The number of benzene rings is 8. The quantitative estimate of drug-likeness (QED) is 0.136. The van der Waals surface area contributed by atoms with Crippen molar-refractivity contribution in [3.63, 3.8) is 0 Å². The number of anilines is 5. The first-order valence-corrected chi connectivity index (χ1v) is 21.2. The van der Waals surface area contributed by atoms with Crippen LogP contribution in [-0.4, -0.2) is 5.78 Å². The third-order valence-corrected chi connectivity index (χ3v) is 12.8. The van der Waals surface area contributed by atoms with Crippen LogP contribution in [0.1, 0.15) is 63.1 Å². The maximum atomic E-state index is 13.9. The number of carbonyl (C=O) groups excluding carboxylic acids is 1. The summed E-state index contributed by atoms with van der Waals surface area (Å²) in [4.78, 5) is 18.6. The average Bonchev–Trinajstić information content (AvgIpc) is 3.33. The van der Waals surface area contributed by atoms with Crippen LogP contribution in [-0.2, 0) is 10.8 Å². The minimum absolute atomic E-state index is 0.0830. The smallest absolute Gasteiger partial charge is 0.193 e. The standard InChI is InChI=1S/C59H46N2O/c1-5-21-45(6-2)60(46-26-15-9-16-27-46)48-34-36-52-56(40-48)61(47-28-17-10-18-29-47)55-37-33-42(39-54(55)59(52,43-22-11-7-12-23-43)44-24-13-8-14-25-44)41-32-35-50-53(38-41)58(3,4)51-31-20-19-30-49(51)57(50)62/h5-40H,1-2H2,3-4H3/b45-21+. The molecule has 0 bridgehead atoms. The van der Waals surface area contributed by atoms with Crippen molar-refractivity contribution in [2.24, 2.45) is 0 Å². The molecule has 8 aromatic carbocycles. The predicted octanol–water partition coefficient (Wildman–Crippen LogP) is 14.8. The van der Waals surface area contributed by atoms with E-state index in [9.17, 15) is 4.79 Å². The fourth-order valence-electron chi connectivity index (χ4n) is 10.0. The zero-order chi connectivity index (χ0) is 42.4. The fraction of sp³-hybridized carbons (Fsp3) is 0.0678. The lowest BCUT2D eigenvalue weighted by Gasteiger charge is -2.47. The fourth-order valence-corrected chi connectivity index (χ4v) is 10.0. The molecule has 0 fully saturated rings. The Morgan fingerprint density at radius 2 is 1.08 bits per heavy atom.